The number of hydrogen-bond donors (Lipinski definition) is 1. The predicted molar refractivity (Wildman–Crippen MR) is 97.3 cm³/mol. The number of anilines is 1. The van der Waals surface area contributed by atoms with Crippen molar-refractivity contribution in [2.24, 2.45) is 10.8 Å². The normalized spacial score (nSPS) is 21.8. The minimum atomic E-state index is -0.528. The molecule has 0 atom stereocenters. The largest absolute Gasteiger partial charge is 0.493 e. The summed E-state index contributed by atoms with van der Waals surface area (Å²) in [6.45, 7) is 1.68. The lowest BCUT2D eigenvalue weighted by atomic mass is 9.83. The molecule has 140 valence electrons. The molecule has 4 rings (SSSR count). The number of benzene rings is 1. The van der Waals surface area contributed by atoms with Gasteiger partial charge in [0.15, 0.2) is 11.5 Å². The number of rotatable bonds is 6. The fraction of sp³-hybridized carbons (Fsp3) is 0.600. The maximum Gasteiger partial charge on any atom is 0.231 e. The first-order valence-corrected chi connectivity index (χ1v) is 9.39. The van der Waals surface area contributed by atoms with E-state index in [9.17, 15) is 9.59 Å². The highest BCUT2D eigenvalue weighted by Gasteiger charge is 2.73. The van der Waals surface area contributed by atoms with Crippen molar-refractivity contribution >= 4 is 17.5 Å². The van der Waals surface area contributed by atoms with Gasteiger partial charge in [0.05, 0.1) is 25.0 Å². The minimum absolute atomic E-state index is 0.0326. The summed E-state index contributed by atoms with van der Waals surface area (Å²) < 4.78 is 10.5. The number of hydrogen-bond acceptors (Lipinski definition) is 4. The second-order valence-corrected chi connectivity index (χ2v) is 7.69. The molecule has 0 spiro atoms. The highest BCUT2D eigenvalue weighted by atomic mass is 16.5. The summed E-state index contributed by atoms with van der Waals surface area (Å²) >= 11 is 0. The third kappa shape index (κ3) is 2.54. The van der Waals surface area contributed by atoms with E-state index in [1.807, 2.05) is 4.90 Å². The molecular weight excluding hydrogens is 332 g/mol. The number of likely N-dealkylation sites (tertiary alicyclic amines) is 1. The molecule has 0 aromatic heterocycles. The zero-order valence-corrected chi connectivity index (χ0v) is 15.5. The number of carbonyl (C=O) groups is 2. The lowest BCUT2D eigenvalue weighted by Crippen LogP contribution is -2.44. The smallest absolute Gasteiger partial charge is 0.231 e. The van der Waals surface area contributed by atoms with Crippen LogP contribution in [0.1, 0.15) is 38.5 Å². The fourth-order valence-electron chi connectivity index (χ4n) is 4.46. The van der Waals surface area contributed by atoms with Crippen LogP contribution in [0.5, 0.6) is 11.5 Å². The first kappa shape index (κ1) is 17.2. The molecule has 2 amide bonds. The predicted octanol–water partition coefficient (Wildman–Crippen LogP) is 2.83. The molecule has 1 saturated heterocycles. The summed E-state index contributed by atoms with van der Waals surface area (Å²) in [6.07, 6.45) is 5.42. The Labute approximate surface area is 153 Å². The van der Waals surface area contributed by atoms with E-state index >= 15 is 0 Å². The van der Waals surface area contributed by atoms with E-state index in [1.54, 1.807) is 32.4 Å². The molecule has 6 nitrogen and oxygen atoms in total. The number of methoxy groups -OCH3 is 2. The molecule has 3 fully saturated rings. The van der Waals surface area contributed by atoms with Crippen molar-refractivity contribution in [2.75, 3.05) is 32.6 Å². The quantitative estimate of drug-likeness (QED) is 0.849. The zero-order valence-electron chi connectivity index (χ0n) is 15.5. The molecule has 26 heavy (non-hydrogen) atoms. The Morgan fingerprint density at radius 1 is 0.962 bits per heavy atom. The maximum atomic E-state index is 13.1. The van der Waals surface area contributed by atoms with Gasteiger partial charge in [0, 0.05) is 24.8 Å². The van der Waals surface area contributed by atoms with Crippen LogP contribution in [0.2, 0.25) is 0 Å². The summed E-state index contributed by atoms with van der Waals surface area (Å²) in [4.78, 5) is 28.1. The molecule has 1 aliphatic heterocycles. The van der Waals surface area contributed by atoms with Gasteiger partial charge >= 0.3 is 0 Å². The van der Waals surface area contributed by atoms with Crippen LogP contribution >= 0.6 is 0 Å². The Kier molecular flexibility index (Phi) is 4.09. The van der Waals surface area contributed by atoms with E-state index < -0.39 is 10.8 Å². The molecule has 0 bridgehead atoms. The van der Waals surface area contributed by atoms with Crippen LogP contribution in [0.15, 0.2) is 18.2 Å². The Morgan fingerprint density at radius 3 is 2.12 bits per heavy atom. The number of amides is 2. The molecule has 2 aliphatic carbocycles. The highest BCUT2D eigenvalue weighted by molar-refractivity contribution is 6.03. The lowest BCUT2D eigenvalue weighted by Gasteiger charge is -2.29. The zero-order chi connectivity index (χ0) is 18.4. The van der Waals surface area contributed by atoms with Crippen molar-refractivity contribution in [1.29, 1.82) is 0 Å². The van der Waals surface area contributed by atoms with Crippen LogP contribution in [-0.4, -0.2) is 44.0 Å². The van der Waals surface area contributed by atoms with E-state index in [4.69, 9.17) is 9.47 Å². The molecule has 1 aromatic carbocycles. The van der Waals surface area contributed by atoms with E-state index in [2.05, 4.69) is 5.32 Å². The van der Waals surface area contributed by atoms with Crippen LogP contribution in [0.25, 0.3) is 0 Å². The first-order chi connectivity index (χ1) is 12.6. The number of carbonyl (C=O) groups excluding carboxylic acids is 2. The average Bonchev–Trinajstić information content (AvgIpc) is 3.57. The van der Waals surface area contributed by atoms with Crippen LogP contribution in [-0.2, 0) is 9.59 Å². The van der Waals surface area contributed by atoms with Gasteiger partial charge in [-0.25, -0.2) is 0 Å². The average molecular weight is 358 g/mol. The Balaban J connectivity index is 1.52. The number of ether oxygens (including phenoxy) is 2. The van der Waals surface area contributed by atoms with Crippen LogP contribution in [0, 0.1) is 10.8 Å². The van der Waals surface area contributed by atoms with E-state index in [-0.39, 0.29) is 11.8 Å². The molecular formula is C20H26N2O4. The van der Waals surface area contributed by atoms with Gasteiger partial charge < -0.3 is 19.7 Å². The molecule has 3 aliphatic rings. The summed E-state index contributed by atoms with van der Waals surface area (Å²) in [7, 11) is 3.15. The molecule has 2 saturated carbocycles. The molecule has 1 heterocycles. The molecule has 0 radical (unpaired) electrons. The molecule has 6 heteroatoms. The van der Waals surface area contributed by atoms with Crippen molar-refractivity contribution in [3.63, 3.8) is 0 Å². The molecule has 1 aromatic rings. The van der Waals surface area contributed by atoms with Crippen LogP contribution < -0.4 is 14.8 Å². The third-order valence-electron chi connectivity index (χ3n) is 6.29. The van der Waals surface area contributed by atoms with Crippen molar-refractivity contribution in [2.45, 2.75) is 38.5 Å². The maximum absolute atomic E-state index is 13.1. The summed E-state index contributed by atoms with van der Waals surface area (Å²) in [5, 5.41) is 3.02. The summed E-state index contributed by atoms with van der Waals surface area (Å²) in [6, 6.07) is 5.34. The summed E-state index contributed by atoms with van der Waals surface area (Å²) in [5.74, 6) is 1.36. The van der Waals surface area contributed by atoms with Gasteiger partial charge in [0.2, 0.25) is 11.8 Å². The van der Waals surface area contributed by atoms with Gasteiger partial charge in [-0.05, 0) is 50.7 Å². The van der Waals surface area contributed by atoms with E-state index in [1.165, 1.54) is 0 Å². The summed E-state index contributed by atoms with van der Waals surface area (Å²) in [5.41, 5.74) is -0.319. The van der Waals surface area contributed by atoms with Crippen molar-refractivity contribution in [3.05, 3.63) is 18.2 Å². The van der Waals surface area contributed by atoms with Crippen molar-refractivity contribution in [1.82, 2.24) is 4.90 Å². The second-order valence-electron chi connectivity index (χ2n) is 7.69. The third-order valence-corrected chi connectivity index (χ3v) is 6.29. The Bertz CT molecular complexity index is 731. The topological polar surface area (TPSA) is 67.9 Å². The van der Waals surface area contributed by atoms with Gasteiger partial charge in [-0.3, -0.25) is 9.59 Å². The Hall–Kier alpha value is -2.24. The first-order valence-electron chi connectivity index (χ1n) is 9.39. The lowest BCUT2D eigenvalue weighted by molar-refractivity contribution is -0.143. The minimum Gasteiger partial charge on any atom is -0.493 e. The van der Waals surface area contributed by atoms with Crippen LogP contribution in [0.4, 0.5) is 5.69 Å². The highest BCUT2D eigenvalue weighted by Crippen LogP contribution is 2.71. The standard InChI is InChI=1S/C20H26N2O4/c1-25-15-6-5-14(13-16(15)26-2)21-17(23)19(7-8-19)20(9-10-20)18(24)22-11-3-4-12-22/h5-6,13H,3-4,7-12H2,1-2H3,(H,21,23). The SMILES string of the molecule is COc1ccc(NC(=O)C2(C3(C(=O)N4CCCC4)CC3)CC2)cc1OC. The van der Waals surface area contributed by atoms with E-state index in [0.29, 0.717) is 17.2 Å². The second kappa shape index (κ2) is 6.18. The van der Waals surface area contributed by atoms with Gasteiger partial charge in [-0.15, -0.1) is 0 Å². The Morgan fingerprint density at radius 2 is 1.58 bits per heavy atom. The number of nitrogens with one attached hydrogen (secondary N) is 1. The van der Waals surface area contributed by atoms with Crippen molar-refractivity contribution in [3.8, 4) is 11.5 Å². The van der Waals surface area contributed by atoms with Crippen molar-refractivity contribution < 1.29 is 19.1 Å². The molecule has 0 unspecified atom stereocenters. The molecule has 1 N–H and O–H groups in total. The van der Waals surface area contributed by atoms with E-state index in [0.717, 1.165) is 51.6 Å². The monoisotopic (exact) mass is 358 g/mol. The van der Waals surface area contributed by atoms with Gasteiger partial charge in [-0.2, -0.15) is 0 Å². The van der Waals surface area contributed by atoms with Gasteiger partial charge in [0.1, 0.15) is 0 Å². The fourth-order valence-corrected chi connectivity index (χ4v) is 4.46. The van der Waals surface area contributed by atoms with Gasteiger partial charge in [0.25, 0.3) is 0 Å². The van der Waals surface area contributed by atoms with Crippen LogP contribution in [0.3, 0.4) is 0 Å². The van der Waals surface area contributed by atoms with Gasteiger partial charge in [-0.1, -0.05) is 0 Å². The number of nitrogens with zero attached hydrogens (tertiary/aromatic N) is 1.